The van der Waals surface area contributed by atoms with E-state index in [9.17, 15) is 39.0 Å². The van der Waals surface area contributed by atoms with E-state index in [1.165, 1.54) is 48.5 Å². The maximum atomic E-state index is 12.0. The number of hydrogen-bond acceptors (Lipinski definition) is 12. The summed E-state index contributed by atoms with van der Waals surface area (Å²) in [6.45, 7) is 8.33. The van der Waals surface area contributed by atoms with E-state index in [0.717, 1.165) is 51.9 Å². The van der Waals surface area contributed by atoms with Gasteiger partial charge in [0.2, 0.25) is 12.2 Å². The highest BCUT2D eigenvalue weighted by molar-refractivity contribution is 5.95. The highest BCUT2D eigenvalue weighted by Crippen LogP contribution is 2.14. The van der Waals surface area contributed by atoms with Crippen molar-refractivity contribution < 1.29 is 57.9 Å². The number of rotatable bonds is 11. The van der Waals surface area contributed by atoms with Gasteiger partial charge in [-0.25, -0.2) is 19.2 Å². The average Bonchev–Trinajstić information content (AvgIpc) is 3.11. The Labute approximate surface area is 279 Å². The van der Waals surface area contributed by atoms with Gasteiger partial charge in [-0.15, -0.1) is 0 Å². The second kappa shape index (κ2) is 21.9. The lowest BCUT2D eigenvalue weighted by Crippen LogP contribution is -2.45. The van der Waals surface area contributed by atoms with Crippen LogP contribution in [0.4, 0.5) is 0 Å². The van der Waals surface area contributed by atoms with Crippen molar-refractivity contribution in [1.29, 1.82) is 0 Å². The first kappa shape index (κ1) is 39.4. The molecule has 2 fully saturated rings. The van der Waals surface area contributed by atoms with Crippen LogP contribution in [0, 0.1) is 11.8 Å². The van der Waals surface area contributed by atoms with Crippen LogP contribution in [-0.4, -0.2) is 97.6 Å². The highest BCUT2D eigenvalue weighted by Gasteiger charge is 2.41. The Morgan fingerprint density at radius 2 is 1.00 bits per heavy atom. The topological polar surface area (TPSA) is 204 Å². The Hall–Kier alpha value is -4.82. The van der Waals surface area contributed by atoms with Gasteiger partial charge in [0, 0.05) is 13.1 Å². The molecule has 0 spiro atoms. The van der Waals surface area contributed by atoms with Gasteiger partial charge in [0.15, 0.2) is 0 Å². The van der Waals surface area contributed by atoms with E-state index in [2.05, 4.69) is 10.6 Å². The third kappa shape index (κ3) is 13.9. The normalized spacial score (nSPS) is 18.0. The average molecular weight is 673 g/mol. The lowest BCUT2D eigenvalue weighted by Gasteiger charge is -2.21. The smallest absolute Gasteiger partial charge is 0.349 e. The molecule has 14 heteroatoms. The Kier molecular flexibility index (Phi) is 17.9. The van der Waals surface area contributed by atoms with Crippen LogP contribution in [0.5, 0.6) is 0 Å². The zero-order valence-electron chi connectivity index (χ0n) is 27.1. The van der Waals surface area contributed by atoms with Crippen LogP contribution in [0.2, 0.25) is 0 Å². The second-order valence-corrected chi connectivity index (χ2v) is 10.7. The molecule has 0 aliphatic carbocycles. The number of carbonyl (C=O) groups excluding carboxylic acids is 4. The first-order valence-corrected chi connectivity index (χ1v) is 15.8. The molecule has 48 heavy (non-hydrogen) atoms. The molecule has 1 unspecified atom stereocenters. The predicted octanol–water partition coefficient (Wildman–Crippen LogP) is 2.71. The van der Waals surface area contributed by atoms with Gasteiger partial charge in [0.25, 0.3) is 0 Å². The van der Waals surface area contributed by atoms with Gasteiger partial charge >= 0.3 is 35.8 Å². The molecular formula is C34H44N2O12. The molecule has 14 nitrogen and oxygen atoms in total. The van der Waals surface area contributed by atoms with Crippen LogP contribution in [-0.2, 0) is 38.1 Å². The van der Waals surface area contributed by atoms with E-state index >= 15 is 0 Å². The van der Waals surface area contributed by atoms with Crippen LogP contribution in [0.3, 0.4) is 0 Å². The van der Waals surface area contributed by atoms with Crippen LogP contribution < -0.4 is 10.6 Å². The first-order chi connectivity index (χ1) is 23.1. The Morgan fingerprint density at radius 1 is 0.646 bits per heavy atom. The third-order valence-corrected chi connectivity index (χ3v) is 7.08. The number of carboxylic acids is 2. The van der Waals surface area contributed by atoms with E-state index in [0.29, 0.717) is 13.2 Å². The van der Waals surface area contributed by atoms with Gasteiger partial charge in [-0.3, -0.25) is 9.59 Å². The number of benzene rings is 2. The number of esters is 4. The van der Waals surface area contributed by atoms with Crippen molar-refractivity contribution in [3.05, 3.63) is 71.8 Å². The van der Waals surface area contributed by atoms with Crippen LogP contribution in [0.25, 0.3) is 0 Å². The highest BCUT2D eigenvalue weighted by atomic mass is 16.6. The summed E-state index contributed by atoms with van der Waals surface area (Å²) in [6.07, 6.45) is -0.300. The summed E-state index contributed by atoms with van der Waals surface area (Å²) in [5.41, 5.74) is 0.0505. The maximum absolute atomic E-state index is 12.0. The van der Waals surface area contributed by atoms with Gasteiger partial charge in [-0.05, 0) is 76.9 Å². The summed E-state index contributed by atoms with van der Waals surface area (Å²) in [5.74, 6) is -5.52. The molecule has 0 saturated carbocycles. The molecule has 0 aromatic heterocycles. The molecule has 0 bridgehead atoms. The van der Waals surface area contributed by atoms with Crippen LogP contribution >= 0.6 is 0 Å². The van der Waals surface area contributed by atoms with Gasteiger partial charge in [0.1, 0.15) is 0 Å². The molecule has 0 radical (unpaired) electrons. The fourth-order valence-corrected chi connectivity index (χ4v) is 4.62. The summed E-state index contributed by atoms with van der Waals surface area (Å²) in [5, 5.41) is 24.8. The monoisotopic (exact) mass is 672 g/mol. The van der Waals surface area contributed by atoms with Gasteiger partial charge in [0.05, 0.1) is 36.2 Å². The third-order valence-electron chi connectivity index (χ3n) is 7.08. The van der Waals surface area contributed by atoms with Gasteiger partial charge < -0.3 is 39.8 Å². The van der Waals surface area contributed by atoms with Crippen molar-refractivity contribution in [3.63, 3.8) is 0 Å². The predicted molar refractivity (Wildman–Crippen MR) is 171 cm³/mol. The number of aliphatic carboxylic acids is 2. The zero-order valence-corrected chi connectivity index (χ0v) is 27.1. The van der Waals surface area contributed by atoms with Crippen molar-refractivity contribution in [2.75, 3.05) is 39.4 Å². The molecule has 2 aliphatic heterocycles. The number of carboxylic acid groups (broad SMARTS) is 2. The maximum Gasteiger partial charge on any atom is 0.349 e. The fourth-order valence-electron chi connectivity index (χ4n) is 4.62. The van der Waals surface area contributed by atoms with Crippen molar-refractivity contribution in [2.24, 2.45) is 11.8 Å². The van der Waals surface area contributed by atoms with E-state index in [1.54, 1.807) is 12.1 Å². The van der Waals surface area contributed by atoms with Crippen LogP contribution in [0.1, 0.15) is 60.2 Å². The van der Waals surface area contributed by atoms with E-state index in [4.69, 9.17) is 18.9 Å². The Balaban J connectivity index is 0.000000298. The molecule has 2 aliphatic rings. The van der Waals surface area contributed by atoms with Gasteiger partial charge in [-0.1, -0.05) is 36.4 Å². The molecule has 262 valence electrons. The minimum absolute atomic E-state index is 0.0253. The molecule has 4 N–H and O–H groups in total. The van der Waals surface area contributed by atoms with E-state index < -0.39 is 36.1 Å². The van der Waals surface area contributed by atoms with Crippen molar-refractivity contribution in [1.82, 2.24) is 10.6 Å². The molecule has 2 saturated heterocycles. The molecule has 0 amide bonds. The summed E-state index contributed by atoms with van der Waals surface area (Å²) in [4.78, 5) is 69.1. The number of piperidine rings is 2. The first-order valence-electron chi connectivity index (χ1n) is 15.8. The molecule has 2 aromatic rings. The Bertz CT molecular complexity index is 1210. The molecule has 4 atom stereocenters. The zero-order chi connectivity index (χ0) is 35.3. The van der Waals surface area contributed by atoms with Crippen molar-refractivity contribution in [3.8, 4) is 0 Å². The summed E-state index contributed by atoms with van der Waals surface area (Å²) < 4.78 is 19.3. The van der Waals surface area contributed by atoms with Gasteiger partial charge in [-0.2, -0.15) is 0 Å². The summed E-state index contributed by atoms with van der Waals surface area (Å²) in [6, 6.07) is 14.8. The van der Waals surface area contributed by atoms with Crippen molar-refractivity contribution >= 4 is 35.8 Å². The minimum atomic E-state index is -2.21. The number of carbonyl (C=O) groups is 6. The quantitative estimate of drug-likeness (QED) is 0.200. The summed E-state index contributed by atoms with van der Waals surface area (Å²) >= 11 is 0. The number of hydrogen-bond donors (Lipinski definition) is 4. The van der Waals surface area contributed by atoms with E-state index in [-0.39, 0.29) is 34.9 Å². The van der Waals surface area contributed by atoms with Crippen LogP contribution in [0.15, 0.2) is 60.7 Å². The standard InChI is InChI=1S/C18H14O8.2C8H15NO2/c19-15(20)13(25-17(23)11-7-3-1-4-8-11)14(16(21)22)26-18(24)12-9-5-2-6-10-12;2*1-2-11-8(10)7-4-3-5-9-6-7/h1-10,13-14H,(H,19,20)(H,21,22);2*7,9H,2-6H2,1H3/t13-,14-;7-;/m10./s1. The number of nitrogens with one attached hydrogen (secondary N) is 2. The second-order valence-electron chi connectivity index (χ2n) is 10.7. The largest absolute Gasteiger partial charge is 0.478 e. The lowest BCUT2D eigenvalue weighted by molar-refractivity contribution is -0.166. The molecular weight excluding hydrogens is 628 g/mol. The lowest BCUT2D eigenvalue weighted by atomic mass is 10.0. The van der Waals surface area contributed by atoms with E-state index in [1.807, 2.05) is 13.8 Å². The summed E-state index contributed by atoms with van der Waals surface area (Å²) in [7, 11) is 0. The SMILES string of the molecule is CCOC(=O)C1CCCNC1.CCOC(=O)[C@H]1CCCNC1.O=C(O[C@@H](C(=O)O)[C@@H](OC(=O)c1ccccc1)C(=O)O)c1ccccc1. The minimum Gasteiger partial charge on any atom is -0.478 e. The fraction of sp³-hybridized carbons (Fsp3) is 0.471. The van der Waals surface area contributed by atoms with Crippen molar-refractivity contribution in [2.45, 2.75) is 51.7 Å². The molecule has 2 heterocycles. The molecule has 2 aromatic carbocycles. The molecule has 4 rings (SSSR count). The number of ether oxygens (including phenoxy) is 4. The Morgan fingerprint density at radius 3 is 1.27 bits per heavy atom.